The van der Waals surface area contributed by atoms with E-state index in [1.54, 1.807) is 25.1 Å². The third-order valence-corrected chi connectivity index (χ3v) is 8.32. The van der Waals surface area contributed by atoms with Crippen LogP contribution >= 0.6 is 39.1 Å². The van der Waals surface area contributed by atoms with Gasteiger partial charge in [-0.25, -0.2) is 8.42 Å². The van der Waals surface area contributed by atoms with Crippen LogP contribution in [0.2, 0.25) is 10.0 Å². The number of benzene rings is 3. The second-order valence-corrected chi connectivity index (χ2v) is 11.5. The zero-order valence-corrected chi connectivity index (χ0v) is 23.4. The molecule has 1 atom stereocenters. The van der Waals surface area contributed by atoms with Crippen LogP contribution in [0.15, 0.2) is 82.2 Å². The van der Waals surface area contributed by atoms with E-state index in [9.17, 15) is 18.0 Å². The van der Waals surface area contributed by atoms with Crippen LogP contribution < -0.4 is 9.62 Å². The van der Waals surface area contributed by atoms with Gasteiger partial charge < -0.3 is 10.2 Å². The lowest BCUT2D eigenvalue weighted by atomic mass is 10.1. The quantitative estimate of drug-likeness (QED) is 0.364. The molecule has 2 amide bonds. The minimum atomic E-state index is -4.22. The lowest BCUT2D eigenvalue weighted by Crippen LogP contribution is -2.50. The van der Waals surface area contributed by atoms with Crippen LogP contribution in [0.1, 0.15) is 12.5 Å². The van der Waals surface area contributed by atoms with E-state index in [1.807, 2.05) is 24.3 Å². The van der Waals surface area contributed by atoms with E-state index in [2.05, 4.69) is 21.2 Å². The highest BCUT2D eigenvalue weighted by Crippen LogP contribution is 2.33. The van der Waals surface area contributed by atoms with Gasteiger partial charge in [-0.05, 0) is 55.0 Å². The highest BCUT2D eigenvalue weighted by atomic mass is 79.9. The molecule has 0 bridgehead atoms. The Kier molecular flexibility index (Phi) is 9.41. The Labute approximate surface area is 229 Å². The Morgan fingerprint density at radius 1 is 1.00 bits per heavy atom. The van der Waals surface area contributed by atoms with Crippen molar-refractivity contribution < 1.29 is 18.0 Å². The largest absolute Gasteiger partial charge is 0.357 e. The van der Waals surface area contributed by atoms with Crippen LogP contribution in [0.4, 0.5) is 5.69 Å². The van der Waals surface area contributed by atoms with Gasteiger partial charge >= 0.3 is 0 Å². The SMILES string of the molecule is CNC(=O)[C@H](C)N(Cc1ccc(Br)cc1)C(=O)CN(c1cc(Cl)ccc1Cl)S(=O)(=O)c1ccccc1. The van der Waals surface area contributed by atoms with Crippen LogP contribution in [0, 0.1) is 0 Å². The van der Waals surface area contributed by atoms with Crippen molar-refractivity contribution >= 4 is 66.7 Å². The predicted octanol–water partition coefficient (Wildman–Crippen LogP) is 5.11. The first-order valence-electron chi connectivity index (χ1n) is 10.8. The maximum Gasteiger partial charge on any atom is 0.264 e. The van der Waals surface area contributed by atoms with Gasteiger partial charge in [-0.15, -0.1) is 0 Å². The molecular weight excluding hydrogens is 589 g/mol. The van der Waals surface area contributed by atoms with Gasteiger partial charge in [0.2, 0.25) is 11.8 Å². The Bertz CT molecular complexity index is 1340. The van der Waals surface area contributed by atoms with Crippen molar-refractivity contribution in [2.45, 2.75) is 24.4 Å². The van der Waals surface area contributed by atoms with Gasteiger partial charge in [0.1, 0.15) is 12.6 Å². The van der Waals surface area contributed by atoms with E-state index in [0.29, 0.717) is 0 Å². The van der Waals surface area contributed by atoms with Crippen LogP contribution in [-0.4, -0.2) is 44.8 Å². The molecular formula is C25H24BrCl2N3O4S. The second kappa shape index (κ2) is 12.1. The monoisotopic (exact) mass is 611 g/mol. The average Bonchev–Trinajstić information content (AvgIpc) is 2.87. The Morgan fingerprint density at radius 2 is 1.64 bits per heavy atom. The number of likely N-dealkylation sites (N-methyl/N-ethyl adjacent to an activating group) is 1. The molecule has 0 radical (unpaired) electrons. The van der Waals surface area contributed by atoms with E-state index in [-0.39, 0.29) is 27.2 Å². The molecule has 36 heavy (non-hydrogen) atoms. The number of sulfonamides is 1. The van der Waals surface area contributed by atoms with E-state index in [4.69, 9.17) is 23.2 Å². The van der Waals surface area contributed by atoms with Gasteiger partial charge in [0.15, 0.2) is 0 Å². The fraction of sp³-hybridized carbons (Fsp3) is 0.200. The maximum atomic E-state index is 13.7. The number of hydrogen-bond donors (Lipinski definition) is 1. The molecule has 3 aromatic rings. The van der Waals surface area contributed by atoms with Gasteiger partial charge in [-0.2, -0.15) is 0 Å². The summed E-state index contributed by atoms with van der Waals surface area (Å²) >= 11 is 15.9. The van der Waals surface area contributed by atoms with Gasteiger partial charge in [0.25, 0.3) is 10.0 Å². The van der Waals surface area contributed by atoms with E-state index in [0.717, 1.165) is 14.3 Å². The number of hydrogen-bond acceptors (Lipinski definition) is 4. The number of carbonyl (C=O) groups is 2. The summed E-state index contributed by atoms with van der Waals surface area (Å²) in [6.45, 7) is 1.07. The van der Waals surface area contributed by atoms with Gasteiger partial charge in [0.05, 0.1) is 15.6 Å². The minimum absolute atomic E-state index is 0.0207. The van der Waals surface area contributed by atoms with Crippen molar-refractivity contribution in [1.82, 2.24) is 10.2 Å². The third-order valence-electron chi connectivity index (χ3n) is 5.47. The number of anilines is 1. The summed E-state index contributed by atoms with van der Waals surface area (Å²) in [6, 6.07) is 18.5. The topological polar surface area (TPSA) is 86.8 Å². The van der Waals surface area contributed by atoms with Crippen molar-refractivity contribution in [2.75, 3.05) is 17.9 Å². The zero-order chi connectivity index (χ0) is 26.5. The molecule has 0 aliphatic heterocycles. The standard InChI is InChI=1S/C25H24BrCl2N3O4S/c1-17(25(33)29-2)30(15-18-8-10-19(26)11-9-18)24(32)16-31(23-14-20(27)12-13-22(23)28)36(34,35)21-6-4-3-5-7-21/h3-14,17H,15-16H2,1-2H3,(H,29,33)/t17-/m0/s1. The summed E-state index contributed by atoms with van der Waals surface area (Å²) < 4.78 is 29.1. The Balaban J connectivity index is 2.06. The molecule has 0 aliphatic rings. The number of nitrogens with one attached hydrogen (secondary N) is 1. The maximum absolute atomic E-state index is 13.7. The molecule has 0 saturated heterocycles. The molecule has 190 valence electrons. The highest BCUT2D eigenvalue weighted by molar-refractivity contribution is 9.10. The molecule has 7 nitrogen and oxygen atoms in total. The first kappa shape index (κ1) is 28.0. The van der Waals surface area contributed by atoms with Gasteiger partial charge in [0, 0.05) is 23.1 Å². The first-order valence-corrected chi connectivity index (χ1v) is 13.8. The number of halogens is 3. The van der Waals surface area contributed by atoms with E-state index < -0.39 is 34.4 Å². The van der Waals surface area contributed by atoms with E-state index >= 15 is 0 Å². The fourth-order valence-corrected chi connectivity index (χ4v) is 5.63. The Hall–Kier alpha value is -2.59. The first-order chi connectivity index (χ1) is 17.0. The molecule has 11 heteroatoms. The van der Waals surface area contributed by atoms with Crippen molar-refractivity contribution in [2.24, 2.45) is 0 Å². The molecule has 0 spiro atoms. The van der Waals surface area contributed by atoms with Crippen LogP contribution in [-0.2, 0) is 26.2 Å². The highest BCUT2D eigenvalue weighted by Gasteiger charge is 2.33. The number of nitrogens with zero attached hydrogens (tertiary/aromatic N) is 2. The molecule has 3 aromatic carbocycles. The molecule has 0 heterocycles. The normalized spacial score (nSPS) is 12.0. The molecule has 1 N–H and O–H groups in total. The molecule has 3 rings (SSSR count). The number of amides is 2. The van der Waals surface area contributed by atoms with Crippen LogP contribution in [0.5, 0.6) is 0 Å². The number of rotatable bonds is 9. The lowest BCUT2D eigenvalue weighted by Gasteiger charge is -2.32. The van der Waals surface area contributed by atoms with Gasteiger partial charge in [-0.1, -0.05) is 69.5 Å². The van der Waals surface area contributed by atoms with Crippen LogP contribution in [0.25, 0.3) is 0 Å². The summed E-state index contributed by atoms with van der Waals surface area (Å²) in [6.07, 6.45) is 0. The van der Waals surface area contributed by atoms with Crippen molar-refractivity contribution in [3.63, 3.8) is 0 Å². The van der Waals surface area contributed by atoms with Crippen molar-refractivity contribution in [3.05, 3.63) is 92.9 Å². The Morgan fingerprint density at radius 3 is 2.25 bits per heavy atom. The average molecular weight is 613 g/mol. The zero-order valence-electron chi connectivity index (χ0n) is 19.5. The second-order valence-electron chi connectivity index (χ2n) is 7.86. The lowest BCUT2D eigenvalue weighted by molar-refractivity contribution is -0.139. The fourth-order valence-electron chi connectivity index (χ4n) is 3.49. The predicted molar refractivity (Wildman–Crippen MR) is 146 cm³/mol. The molecule has 0 aliphatic carbocycles. The minimum Gasteiger partial charge on any atom is -0.357 e. The summed E-state index contributed by atoms with van der Waals surface area (Å²) in [4.78, 5) is 27.5. The van der Waals surface area contributed by atoms with Crippen molar-refractivity contribution in [1.29, 1.82) is 0 Å². The van der Waals surface area contributed by atoms with Crippen molar-refractivity contribution in [3.8, 4) is 0 Å². The summed E-state index contributed by atoms with van der Waals surface area (Å²) in [5.74, 6) is -0.983. The summed E-state index contributed by atoms with van der Waals surface area (Å²) in [5, 5.41) is 2.89. The van der Waals surface area contributed by atoms with Gasteiger partial charge in [-0.3, -0.25) is 13.9 Å². The third kappa shape index (κ3) is 6.59. The smallest absolute Gasteiger partial charge is 0.264 e. The van der Waals surface area contributed by atoms with E-state index in [1.165, 1.54) is 42.3 Å². The molecule has 0 aromatic heterocycles. The molecule has 0 unspecified atom stereocenters. The summed E-state index contributed by atoms with van der Waals surface area (Å²) in [7, 11) is -2.74. The molecule has 0 fully saturated rings. The van der Waals surface area contributed by atoms with Crippen LogP contribution in [0.3, 0.4) is 0 Å². The molecule has 0 saturated carbocycles. The summed E-state index contributed by atoms with van der Waals surface area (Å²) in [5.41, 5.74) is 0.818. The number of carbonyl (C=O) groups excluding carboxylic acids is 2.